The Bertz CT molecular complexity index is 695. The van der Waals surface area contributed by atoms with Crippen molar-refractivity contribution in [1.29, 1.82) is 0 Å². The lowest BCUT2D eigenvalue weighted by Crippen LogP contribution is -2.30. The fourth-order valence-electron chi connectivity index (χ4n) is 3.00. The van der Waals surface area contributed by atoms with Gasteiger partial charge in [0.2, 0.25) is 0 Å². The Morgan fingerprint density at radius 3 is 2.74 bits per heavy atom. The first-order valence-electron chi connectivity index (χ1n) is 7.82. The number of nitrogens with one attached hydrogen (secondary N) is 1. The molecule has 3 rings (SSSR count). The van der Waals surface area contributed by atoms with Crippen molar-refractivity contribution in [3.05, 3.63) is 52.8 Å². The summed E-state index contributed by atoms with van der Waals surface area (Å²) in [5.74, 6) is 0.255. The minimum Gasteiger partial charge on any atom is -0.396 e. The number of nitrogens with zero attached hydrogens (tertiary/aromatic N) is 3. The topological polar surface area (TPSA) is 63.0 Å². The average molecular weight is 333 g/mol. The third-order valence-electron chi connectivity index (χ3n) is 4.28. The summed E-state index contributed by atoms with van der Waals surface area (Å²) in [5.41, 5.74) is 2.88. The summed E-state index contributed by atoms with van der Waals surface area (Å²) >= 11 is 5.93. The van der Waals surface area contributed by atoms with E-state index in [1.165, 1.54) is 0 Å². The van der Waals surface area contributed by atoms with Crippen molar-refractivity contribution in [2.75, 3.05) is 6.61 Å². The third kappa shape index (κ3) is 3.47. The van der Waals surface area contributed by atoms with Crippen LogP contribution in [0.4, 0.5) is 0 Å². The normalized spacial score (nSPS) is 21.7. The smallest absolute Gasteiger partial charge is 0.103 e. The summed E-state index contributed by atoms with van der Waals surface area (Å²) in [6, 6.07) is 7.90. The first-order chi connectivity index (χ1) is 11.1. The van der Waals surface area contributed by atoms with Gasteiger partial charge in [0.25, 0.3) is 0 Å². The van der Waals surface area contributed by atoms with Gasteiger partial charge in [-0.3, -0.25) is 0 Å². The molecule has 3 atom stereocenters. The van der Waals surface area contributed by atoms with E-state index in [-0.39, 0.29) is 24.6 Å². The standard InChI is InChI=1S/C17H21ClN4O/c1-11(19-15-6-3-13(9-15)10-23)17-12(2)22(21-20-17)16-7-4-14(18)5-8-16/h3-8,11,13,15,19,23H,9-10H2,1-2H3/t11?,13-,15+/m0/s1. The predicted molar refractivity (Wildman–Crippen MR) is 90.8 cm³/mol. The molecule has 0 radical (unpaired) electrons. The quantitative estimate of drug-likeness (QED) is 0.826. The van der Waals surface area contributed by atoms with Crippen molar-refractivity contribution < 1.29 is 5.11 Å². The maximum atomic E-state index is 9.21. The van der Waals surface area contributed by atoms with Crippen molar-refractivity contribution >= 4 is 11.6 Å². The fraction of sp³-hybridized carbons (Fsp3) is 0.412. The molecule has 0 spiro atoms. The highest BCUT2D eigenvalue weighted by Crippen LogP contribution is 2.23. The molecule has 1 aromatic heterocycles. The van der Waals surface area contributed by atoms with Crippen LogP contribution in [0.3, 0.4) is 0 Å². The minimum atomic E-state index is 0.0862. The van der Waals surface area contributed by atoms with Crippen LogP contribution in [0.15, 0.2) is 36.4 Å². The maximum Gasteiger partial charge on any atom is 0.103 e. The van der Waals surface area contributed by atoms with E-state index in [1.807, 2.05) is 35.9 Å². The molecule has 0 bridgehead atoms. The van der Waals surface area contributed by atoms with E-state index in [0.29, 0.717) is 5.02 Å². The maximum absolute atomic E-state index is 9.21. The van der Waals surface area contributed by atoms with E-state index in [2.05, 4.69) is 34.7 Å². The Morgan fingerprint density at radius 2 is 2.09 bits per heavy atom. The lowest BCUT2D eigenvalue weighted by Gasteiger charge is -2.18. The molecule has 0 saturated carbocycles. The third-order valence-corrected chi connectivity index (χ3v) is 4.53. The van der Waals surface area contributed by atoms with Crippen LogP contribution in [-0.2, 0) is 0 Å². The molecular formula is C17H21ClN4O. The molecule has 1 aliphatic carbocycles. The van der Waals surface area contributed by atoms with E-state index in [0.717, 1.165) is 23.5 Å². The van der Waals surface area contributed by atoms with Gasteiger partial charge in [-0.15, -0.1) is 5.10 Å². The van der Waals surface area contributed by atoms with Gasteiger partial charge >= 0.3 is 0 Å². The van der Waals surface area contributed by atoms with Crippen LogP contribution in [0, 0.1) is 12.8 Å². The Morgan fingerprint density at radius 1 is 1.35 bits per heavy atom. The molecule has 1 aromatic carbocycles. The van der Waals surface area contributed by atoms with Crippen LogP contribution in [0.5, 0.6) is 0 Å². The summed E-state index contributed by atoms with van der Waals surface area (Å²) in [6.07, 6.45) is 5.11. The van der Waals surface area contributed by atoms with Gasteiger partial charge < -0.3 is 10.4 Å². The van der Waals surface area contributed by atoms with Crippen LogP contribution in [0.2, 0.25) is 5.02 Å². The van der Waals surface area contributed by atoms with E-state index >= 15 is 0 Å². The van der Waals surface area contributed by atoms with Gasteiger partial charge in [-0.1, -0.05) is 29.0 Å². The van der Waals surface area contributed by atoms with E-state index < -0.39 is 0 Å². The Balaban J connectivity index is 1.74. The fourth-order valence-corrected chi connectivity index (χ4v) is 3.13. The van der Waals surface area contributed by atoms with Gasteiger partial charge in [0, 0.05) is 23.6 Å². The summed E-state index contributed by atoms with van der Waals surface area (Å²) in [4.78, 5) is 0. The van der Waals surface area contributed by atoms with Gasteiger partial charge in [0.05, 0.1) is 17.4 Å². The van der Waals surface area contributed by atoms with Crippen molar-refractivity contribution in [3.8, 4) is 5.69 Å². The first-order valence-corrected chi connectivity index (χ1v) is 8.19. The van der Waals surface area contributed by atoms with Crippen molar-refractivity contribution in [3.63, 3.8) is 0 Å². The minimum absolute atomic E-state index is 0.0862. The van der Waals surface area contributed by atoms with Crippen LogP contribution in [0.25, 0.3) is 5.69 Å². The Kier molecular flexibility index (Phi) is 4.80. The molecule has 122 valence electrons. The molecule has 1 aliphatic rings. The van der Waals surface area contributed by atoms with Crippen LogP contribution < -0.4 is 5.32 Å². The van der Waals surface area contributed by atoms with Crippen LogP contribution in [-0.4, -0.2) is 32.7 Å². The summed E-state index contributed by atoms with van der Waals surface area (Å²) < 4.78 is 1.82. The molecule has 0 fully saturated rings. The molecule has 0 aliphatic heterocycles. The van der Waals surface area contributed by atoms with E-state index in [4.69, 9.17) is 11.6 Å². The first kappa shape index (κ1) is 16.2. The second-order valence-electron chi connectivity index (χ2n) is 6.01. The van der Waals surface area contributed by atoms with Crippen molar-refractivity contribution in [2.45, 2.75) is 32.4 Å². The van der Waals surface area contributed by atoms with Crippen LogP contribution >= 0.6 is 11.6 Å². The summed E-state index contributed by atoms with van der Waals surface area (Å²) in [5, 5.41) is 22.1. The lowest BCUT2D eigenvalue weighted by atomic mass is 10.1. The highest BCUT2D eigenvalue weighted by molar-refractivity contribution is 6.30. The second-order valence-corrected chi connectivity index (χ2v) is 6.44. The number of aromatic nitrogens is 3. The highest BCUT2D eigenvalue weighted by Gasteiger charge is 2.22. The SMILES string of the molecule is Cc1c(C(C)N[C@@H]2C=C[C@H](CO)C2)nnn1-c1ccc(Cl)cc1. The molecule has 1 heterocycles. The number of rotatable bonds is 5. The molecular weight excluding hydrogens is 312 g/mol. The van der Waals surface area contributed by atoms with E-state index in [9.17, 15) is 5.11 Å². The summed E-state index contributed by atoms with van der Waals surface area (Å²) in [7, 11) is 0. The van der Waals surface area contributed by atoms with Gasteiger partial charge in [0.15, 0.2) is 0 Å². The van der Waals surface area contributed by atoms with Gasteiger partial charge in [-0.2, -0.15) is 0 Å². The van der Waals surface area contributed by atoms with E-state index in [1.54, 1.807) is 0 Å². The molecule has 6 heteroatoms. The monoisotopic (exact) mass is 332 g/mol. The van der Waals surface area contributed by atoms with Gasteiger partial charge in [-0.05, 0) is 44.5 Å². The number of aliphatic hydroxyl groups excluding tert-OH is 1. The average Bonchev–Trinajstić information content (AvgIpc) is 3.14. The summed E-state index contributed by atoms with van der Waals surface area (Å²) in [6.45, 7) is 4.31. The Hall–Kier alpha value is -1.69. The number of benzene rings is 1. The molecule has 2 N–H and O–H groups in total. The van der Waals surface area contributed by atoms with Gasteiger partial charge in [-0.25, -0.2) is 4.68 Å². The lowest BCUT2D eigenvalue weighted by molar-refractivity contribution is 0.245. The zero-order chi connectivity index (χ0) is 16.4. The van der Waals surface area contributed by atoms with Gasteiger partial charge in [0.1, 0.15) is 5.69 Å². The molecule has 23 heavy (non-hydrogen) atoms. The number of aliphatic hydroxyl groups is 1. The Labute approximate surface area is 141 Å². The molecule has 5 nitrogen and oxygen atoms in total. The van der Waals surface area contributed by atoms with Crippen molar-refractivity contribution in [2.24, 2.45) is 5.92 Å². The van der Waals surface area contributed by atoms with Crippen LogP contribution in [0.1, 0.15) is 30.8 Å². The zero-order valence-corrected chi connectivity index (χ0v) is 14.0. The molecule has 1 unspecified atom stereocenters. The number of hydrogen-bond acceptors (Lipinski definition) is 4. The predicted octanol–water partition coefficient (Wildman–Crippen LogP) is 2.82. The molecule has 0 saturated heterocycles. The van der Waals surface area contributed by atoms with Crippen molar-refractivity contribution in [1.82, 2.24) is 20.3 Å². The number of halogens is 1. The molecule has 0 amide bonds. The highest BCUT2D eigenvalue weighted by atomic mass is 35.5. The number of hydrogen-bond donors (Lipinski definition) is 2. The largest absolute Gasteiger partial charge is 0.396 e. The zero-order valence-electron chi connectivity index (χ0n) is 13.3. The molecule has 2 aromatic rings. The second kappa shape index (κ2) is 6.83.